The van der Waals surface area contributed by atoms with Gasteiger partial charge in [-0.15, -0.1) is 0 Å². The first kappa shape index (κ1) is 11.9. The fraction of sp³-hybridized carbons (Fsp3) is 0.250. The minimum absolute atomic E-state index is 0.167. The lowest BCUT2D eigenvalue weighted by Crippen LogP contribution is -1.86. The fourth-order valence-electron chi connectivity index (χ4n) is 0.469. The standard InChI is InChI=1S/C8H7F5/c1-4(2)6(11)8(13)7(12)5(10)3-9/h3H,1-2H3/b5-3-,8-7-. The van der Waals surface area contributed by atoms with Crippen molar-refractivity contribution < 1.29 is 22.0 Å². The van der Waals surface area contributed by atoms with E-state index >= 15 is 0 Å². The monoisotopic (exact) mass is 198 g/mol. The summed E-state index contributed by atoms with van der Waals surface area (Å²) in [5, 5.41) is 0. The average Bonchev–Trinajstić information content (AvgIpc) is 2.12. The number of allylic oxidation sites excluding steroid dienone is 5. The second-order valence-corrected chi connectivity index (χ2v) is 2.40. The van der Waals surface area contributed by atoms with Crippen LogP contribution in [0.25, 0.3) is 0 Å². The van der Waals surface area contributed by atoms with E-state index in [1.54, 1.807) is 0 Å². The van der Waals surface area contributed by atoms with Gasteiger partial charge >= 0.3 is 0 Å². The maximum absolute atomic E-state index is 12.6. The molecule has 0 heterocycles. The van der Waals surface area contributed by atoms with E-state index in [-0.39, 0.29) is 5.57 Å². The van der Waals surface area contributed by atoms with Gasteiger partial charge in [0, 0.05) is 0 Å². The average molecular weight is 198 g/mol. The lowest BCUT2D eigenvalue weighted by Gasteiger charge is -1.97. The predicted molar refractivity (Wildman–Crippen MR) is 39.0 cm³/mol. The molecule has 0 aromatic carbocycles. The van der Waals surface area contributed by atoms with E-state index < -0.39 is 29.6 Å². The van der Waals surface area contributed by atoms with Gasteiger partial charge in [-0.2, -0.15) is 0 Å². The number of rotatable bonds is 2. The molecule has 0 bridgehead atoms. The molecule has 0 aliphatic carbocycles. The van der Waals surface area contributed by atoms with Crippen molar-refractivity contribution in [2.45, 2.75) is 13.8 Å². The van der Waals surface area contributed by atoms with E-state index in [0.29, 0.717) is 0 Å². The van der Waals surface area contributed by atoms with Crippen LogP contribution in [0.15, 0.2) is 35.2 Å². The van der Waals surface area contributed by atoms with Crippen LogP contribution in [-0.4, -0.2) is 0 Å². The van der Waals surface area contributed by atoms with Crippen LogP contribution in [0.5, 0.6) is 0 Å². The summed E-state index contributed by atoms with van der Waals surface area (Å²) in [6.45, 7) is 2.33. The summed E-state index contributed by atoms with van der Waals surface area (Å²) in [6, 6.07) is 0. The van der Waals surface area contributed by atoms with Crippen LogP contribution < -0.4 is 0 Å². The molecule has 0 amide bonds. The summed E-state index contributed by atoms with van der Waals surface area (Å²) in [5.74, 6) is -7.82. The third-order valence-electron chi connectivity index (χ3n) is 1.13. The maximum Gasteiger partial charge on any atom is 0.199 e. The number of hydrogen-bond donors (Lipinski definition) is 0. The van der Waals surface area contributed by atoms with Crippen LogP contribution in [0.3, 0.4) is 0 Å². The van der Waals surface area contributed by atoms with Crippen molar-refractivity contribution in [2.75, 3.05) is 0 Å². The summed E-state index contributed by atoms with van der Waals surface area (Å²) >= 11 is 0. The molecule has 0 aromatic rings. The molecule has 13 heavy (non-hydrogen) atoms. The van der Waals surface area contributed by atoms with Gasteiger partial charge in [-0.3, -0.25) is 0 Å². The topological polar surface area (TPSA) is 0 Å². The molecular weight excluding hydrogens is 191 g/mol. The molecule has 0 aliphatic heterocycles. The van der Waals surface area contributed by atoms with E-state index in [1.807, 2.05) is 0 Å². The highest BCUT2D eigenvalue weighted by Crippen LogP contribution is 2.26. The first-order valence-corrected chi connectivity index (χ1v) is 3.26. The Balaban J connectivity index is 5.17. The molecule has 0 unspecified atom stereocenters. The second kappa shape index (κ2) is 4.79. The Morgan fingerprint density at radius 1 is 0.846 bits per heavy atom. The highest BCUT2D eigenvalue weighted by Gasteiger charge is 2.16. The number of halogens is 5. The molecule has 0 nitrogen and oxygen atoms in total. The summed E-state index contributed by atoms with van der Waals surface area (Å²) in [7, 11) is 0. The van der Waals surface area contributed by atoms with E-state index in [4.69, 9.17) is 0 Å². The Bertz CT molecular complexity index is 281. The molecule has 0 spiro atoms. The van der Waals surface area contributed by atoms with E-state index in [9.17, 15) is 22.0 Å². The second-order valence-electron chi connectivity index (χ2n) is 2.40. The summed E-state index contributed by atoms with van der Waals surface area (Å²) < 4.78 is 60.8. The van der Waals surface area contributed by atoms with Crippen molar-refractivity contribution in [2.24, 2.45) is 0 Å². The van der Waals surface area contributed by atoms with Gasteiger partial charge in [0.05, 0.1) is 0 Å². The minimum Gasteiger partial charge on any atom is -0.212 e. The van der Waals surface area contributed by atoms with Gasteiger partial charge < -0.3 is 0 Å². The zero-order valence-corrected chi connectivity index (χ0v) is 6.97. The van der Waals surface area contributed by atoms with Gasteiger partial charge in [0.2, 0.25) is 0 Å². The molecule has 5 heteroatoms. The molecule has 0 aliphatic rings. The van der Waals surface area contributed by atoms with E-state index in [0.717, 1.165) is 0 Å². The van der Waals surface area contributed by atoms with Gasteiger partial charge in [0.25, 0.3) is 0 Å². The van der Waals surface area contributed by atoms with Crippen LogP contribution >= 0.6 is 0 Å². The quantitative estimate of drug-likeness (QED) is 0.461. The van der Waals surface area contributed by atoms with Crippen molar-refractivity contribution in [3.63, 3.8) is 0 Å². The maximum atomic E-state index is 12.6. The highest BCUT2D eigenvalue weighted by molar-refractivity contribution is 5.32. The lowest BCUT2D eigenvalue weighted by atomic mass is 10.2. The van der Waals surface area contributed by atoms with Crippen molar-refractivity contribution >= 4 is 0 Å². The zero-order chi connectivity index (χ0) is 10.6. The lowest BCUT2D eigenvalue weighted by molar-refractivity contribution is 0.458. The molecule has 0 rings (SSSR count). The van der Waals surface area contributed by atoms with Crippen LogP contribution in [0.2, 0.25) is 0 Å². The molecule has 0 aromatic heterocycles. The third kappa shape index (κ3) is 3.01. The van der Waals surface area contributed by atoms with Gasteiger partial charge in [-0.25, -0.2) is 22.0 Å². The van der Waals surface area contributed by atoms with Crippen molar-refractivity contribution in [3.05, 3.63) is 35.2 Å². The third-order valence-corrected chi connectivity index (χ3v) is 1.13. The Labute approximate surface area is 72.1 Å². The molecular formula is C8H7F5. The van der Waals surface area contributed by atoms with Crippen molar-refractivity contribution in [3.8, 4) is 0 Å². The molecule has 0 saturated heterocycles. The van der Waals surface area contributed by atoms with E-state index in [2.05, 4.69) is 0 Å². The van der Waals surface area contributed by atoms with E-state index in [1.165, 1.54) is 13.8 Å². The highest BCUT2D eigenvalue weighted by atomic mass is 19.2. The van der Waals surface area contributed by atoms with Crippen molar-refractivity contribution in [1.29, 1.82) is 0 Å². The Hall–Kier alpha value is -1.13. The Kier molecular flexibility index (Phi) is 4.37. The molecule has 0 N–H and O–H groups in total. The Morgan fingerprint density at radius 3 is 1.62 bits per heavy atom. The van der Waals surface area contributed by atoms with Crippen LogP contribution in [-0.2, 0) is 0 Å². The molecule has 0 saturated carbocycles. The predicted octanol–water partition coefficient (Wildman–Crippen LogP) is 4.18. The van der Waals surface area contributed by atoms with Crippen LogP contribution in [0.1, 0.15) is 13.8 Å². The fourth-order valence-corrected chi connectivity index (χ4v) is 0.469. The minimum atomic E-state index is -2.18. The number of hydrogen-bond acceptors (Lipinski definition) is 0. The molecule has 0 fully saturated rings. The van der Waals surface area contributed by atoms with Crippen LogP contribution in [0.4, 0.5) is 22.0 Å². The summed E-state index contributed by atoms with van der Waals surface area (Å²) in [5.41, 5.74) is -0.167. The molecule has 0 radical (unpaired) electrons. The normalized spacial score (nSPS) is 13.9. The summed E-state index contributed by atoms with van der Waals surface area (Å²) in [4.78, 5) is 0. The van der Waals surface area contributed by atoms with Gasteiger partial charge in [0.15, 0.2) is 23.3 Å². The van der Waals surface area contributed by atoms with Gasteiger partial charge in [0.1, 0.15) is 6.33 Å². The molecule has 0 atom stereocenters. The smallest absolute Gasteiger partial charge is 0.199 e. The van der Waals surface area contributed by atoms with Crippen molar-refractivity contribution in [1.82, 2.24) is 0 Å². The molecule has 74 valence electrons. The van der Waals surface area contributed by atoms with Gasteiger partial charge in [-0.05, 0) is 19.4 Å². The Morgan fingerprint density at radius 2 is 1.31 bits per heavy atom. The van der Waals surface area contributed by atoms with Crippen LogP contribution in [0, 0.1) is 0 Å². The summed E-state index contributed by atoms with van der Waals surface area (Å²) in [6.07, 6.45) is -0.785. The SMILES string of the molecule is CC(C)=C(F)/C(F)=C(F)\C(F)=C\F. The zero-order valence-electron chi connectivity index (χ0n) is 6.97. The van der Waals surface area contributed by atoms with Gasteiger partial charge in [-0.1, -0.05) is 0 Å². The first-order chi connectivity index (χ1) is 5.91. The first-order valence-electron chi connectivity index (χ1n) is 3.26. The largest absolute Gasteiger partial charge is 0.212 e.